The number of nitrogens with one attached hydrogen (secondary N) is 1. The number of carbonyl (C=O) groups is 1. The van der Waals surface area contributed by atoms with Crippen molar-refractivity contribution in [2.45, 2.75) is 32.8 Å². The van der Waals surface area contributed by atoms with E-state index in [-0.39, 0.29) is 24.0 Å². The van der Waals surface area contributed by atoms with Crippen molar-refractivity contribution in [3.8, 4) is 5.75 Å². The lowest BCUT2D eigenvalue weighted by atomic mass is 10.1. The molecule has 26 heavy (non-hydrogen) atoms. The van der Waals surface area contributed by atoms with Gasteiger partial charge in [0, 0.05) is 23.5 Å². The molecule has 4 rings (SSSR count). The number of amides is 1. The van der Waals surface area contributed by atoms with Crippen LogP contribution in [0.25, 0.3) is 5.65 Å². The third-order valence-corrected chi connectivity index (χ3v) is 4.77. The molecule has 7 heteroatoms. The number of para-hydroxylation sites is 2. The summed E-state index contributed by atoms with van der Waals surface area (Å²) in [7, 11) is 0. The van der Waals surface area contributed by atoms with E-state index in [2.05, 4.69) is 10.1 Å². The molecular formula is C19H20N4O3. The first-order valence-electron chi connectivity index (χ1n) is 8.70. The van der Waals surface area contributed by atoms with Gasteiger partial charge < -0.3 is 9.64 Å². The van der Waals surface area contributed by atoms with Gasteiger partial charge in [-0.2, -0.15) is 0 Å². The molecule has 134 valence electrons. The molecule has 0 fully saturated rings. The number of benzene rings is 1. The molecule has 0 saturated heterocycles. The third kappa shape index (κ3) is 2.65. The molecule has 1 atom stereocenters. The Balaban J connectivity index is 1.70. The van der Waals surface area contributed by atoms with Gasteiger partial charge in [-0.3, -0.25) is 14.7 Å². The Hall–Kier alpha value is -3.09. The summed E-state index contributed by atoms with van der Waals surface area (Å²) in [4.78, 5) is 31.9. The molecule has 0 radical (unpaired) electrons. The zero-order valence-corrected chi connectivity index (χ0v) is 14.7. The molecule has 0 bridgehead atoms. The largest absolute Gasteiger partial charge is 0.486 e. The molecular weight excluding hydrogens is 332 g/mol. The van der Waals surface area contributed by atoms with Crippen molar-refractivity contribution < 1.29 is 9.53 Å². The number of carbonyl (C=O) groups excluding carboxylic acids is 1. The average Bonchev–Trinajstić information content (AvgIpc) is 3.12. The quantitative estimate of drug-likeness (QED) is 0.783. The Morgan fingerprint density at radius 2 is 2.15 bits per heavy atom. The first kappa shape index (κ1) is 16.4. The second kappa shape index (κ2) is 6.33. The number of H-pyrrole nitrogens is 1. The highest BCUT2D eigenvalue weighted by molar-refractivity contribution is 5.96. The maximum absolute atomic E-state index is 13.1. The van der Waals surface area contributed by atoms with Crippen LogP contribution in [0.1, 0.15) is 24.6 Å². The van der Waals surface area contributed by atoms with Gasteiger partial charge in [-0.15, -0.1) is 0 Å². The van der Waals surface area contributed by atoms with E-state index in [1.54, 1.807) is 24.1 Å². The molecule has 1 amide bonds. The lowest BCUT2D eigenvalue weighted by Crippen LogP contribution is -2.44. The van der Waals surface area contributed by atoms with E-state index in [4.69, 9.17) is 4.74 Å². The summed E-state index contributed by atoms with van der Waals surface area (Å²) in [5.74, 6) is 0.568. The fraction of sp³-hybridized carbons (Fsp3) is 0.316. The molecule has 1 unspecified atom stereocenters. The molecule has 1 N–H and O–H groups in total. The smallest absolute Gasteiger partial charge is 0.276 e. The van der Waals surface area contributed by atoms with Crippen molar-refractivity contribution in [2.75, 3.05) is 11.4 Å². The van der Waals surface area contributed by atoms with E-state index < -0.39 is 0 Å². The summed E-state index contributed by atoms with van der Waals surface area (Å²) in [5, 5.41) is 2.84. The van der Waals surface area contributed by atoms with E-state index in [0.29, 0.717) is 29.2 Å². The number of aromatic nitrogens is 3. The summed E-state index contributed by atoms with van der Waals surface area (Å²) >= 11 is 0. The van der Waals surface area contributed by atoms with Crippen molar-refractivity contribution in [1.29, 1.82) is 0 Å². The number of fused-ring (bicyclic) bond motifs is 2. The van der Waals surface area contributed by atoms with Crippen molar-refractivity contribution >= 4 is 17.2 Å². The van der Waals surface area contributed by atoms with Crippen LogP contribution in [0.5, 0.6) is 5.75 Å². The van der Waals surface area contributed by atoms with Crippen molar-refractivity contribution in [2.24, 2.45) is 0 Å². The van der Waals surface area contributed by atoms with Crippen LogP contribution in [0, 0.1) is 6.92 Å². The predicted octanol–water partition coefficient (Wildman–Crippen LogP) is 2.08. The first-order valence-corrected chi connectivity index (χ1v) is 8.70. The number of anilines is 1. The van der Waals surface area contributed by atoms with Crippen LogP contribution in [-0.4, -0.2) is 33.2 Å². The van der Waals surface area contributed by atoms with Crippen LogP contribution in [0.15, 0.2) is 41.3 Å². The van der Waals surface area contributed by atoms with Gasteiger partial charge in [0.15, 0.2) is 5.65 Å². The molecule has 0 saturated carbocycles. The van der Waals surface area contributed by atoms with Gasteiger partial charge in [0.1, 0.15) is 11.9 Å². The highest BCUT2D eigenvalue weighted by Gasteiger charge is 2.29. The van der Waals surface area contributed by atoms with Gasteiger partial charge in [-0.25, -0.2) is 9.50 Å². The van der Waals surface area contributed by atoms with Crippen LogP contribution in [0.2, 0.25) is 0 Å². The second-order valence-electron chi connectivity index (χ2n) is 6.43. The Labute approximate surface area is 150 Å². The minimum atomic E-state index is -0.237. The summed E-state index contributed by atoms with van der Waals surface area (Å²) in [6.07, 6.45) is 2.40. The lowest BCUT2D eigenvalue weighted by molar-refractivity contribution is -0.118. The highest BCUT2D eigenvalue weighted by atomic mass is 16.5. The topological polar surface area (TPSA) is 79.7 Å². The van der Waals surface area contributed by atoms with Gasteiger partial charge in [-0.1, -0.05) is 19.1 Å². The van der Waals surface area contributed by atoms with Crippen LogP contribution >= 0.6 is 0 Å². The molecule has 7 nitrogen and oxygen atoms in total. The second-order valence-corrected chi connectivity index (χ2v) is 6.43. The number of aromatic amines is 1. The predicted molar refractivity (Wildman–Crippen MR) is 97.8 cm³/mol. The summed E-state index contributed by atoms with van der Waals surface area (Å²) < 4.78 is 7.29. The first-order chi connectivity index (χ1) is 12.6. The highest BCUT2D eigenvalue weighted by Crippen LogP contribution is 2.34. The van der Waals surface area contributed by atoms with Gasteiger partial charge in [0.25, 0.3) is 5.56 Å². The molecule has 0 spiro atoms. The fourth-order valence-electron chi connectivity index (χ4n) is 3.30. The van der Waals surface area contributed by atoms with E-state index >= 15 is 0 Å². The minimum Gasteiger partial charge on any atom is -0.486 e. The third-order valence-electron chi connectivity index (χ3n) is 4.77. The molecule has 2 aromatic heterocycles. The molecule has 0 aliphatic carbocycles. The number of nitrogens with zero attached hydrogens (tertiary/aromatic N) is 3. The Morgan fingerprint density at radius 1 is 1.35 bits per heavy atom. The van der Waals surface area contributed by atoms with Gasteiger partial charge in [-0.05, 0) is 25.5 Å². The van der Waals surface area contributed by atoms with Gasteiger partial charge >= 0.3 is 0 Å². The van der Waals surface area contributed by atoms with Crippen LogP contribution < -0.4 is 15.2 Å². The maximum atomic E-state index is 13.1. The summed E-state index contributed by atoms with van der Waals surface area (Å²) in [6.45, 7) is 4.27. The van der Waals surface area contributed by atoms with E-state index in [1.165, 1.54) is 4.52 Å². The molecule has 3 aromatic rings. The number of hydrogen-bond acceptors (Lipinski definition) is 4. The summed E-state index contributed by atoms with van der Waals surface area (Å²) in [5.41, 5.74) is 2.04. The van der Waals surface area contributed by atoms with Crippen LogP contribution in [-0.2, 0) is 11.2 Å². The molecule has 1 aliphatic rings. The standard InChI is InChI=1S/C19H20N4O3/c1-3-13-11-22(15-6-4-5-7-16(15)26-13)18(24)10-14-12(2)21-17-8-9-20-23(17)19(14)25/h4-9,13,20H,3,10-11H2,1-2H3. The van der Waals surface area contributed by atoms with E-state index in [9.17, 15) is 9.59 Å². The molecule has 1 aromatic carbocycles. The van der Waals surface area contributed by atoms with Crippen molar-refractivity contribution in [1.82, 2.24) is 14.6 Å². The van der Waals surface area contributed by atoms with E-state index in [0.717, 1.165) is 12.1 Å². The van der Waals surface area contributed by atoms with Crippen LogP contribution in [0.4, 0.5) is 5.69 Å². The average molecular weight is 352 g/mol. The van der Waals surface area contributed by atoms with Crippen molar-refractivity contribution in [3.05, 3.63) is 58.1 Å². The Morgan fingerprint density at radius 3 is 2.96 bits per heavy atom. The maximum Gasteiger partial charge on any atom is 0.276 e. The number of hydrogen-bond donors (Lipinski definition) is 1. The van der Waals surface area contributed by atoms with Crippen LogP contribution in [0.3, 0.4) is 0 Å². The Kier molecular flexibility index (Phi) is 3.99. The zero-order valence-electron chi connectivity index (χ0n) is 14.7. The SMILES string of the molecule is CCC1CN(C(=O)Cc2c(C)nc3cc[nH]n3c2=O)c2ccccc2O1. The van der Waals surface area contributed by atoms with Gasteiger partial charge in [0.05, 0.1) is 18.7 Å². The zero-order chi connectivity index (χ0) is 18.3. The monoisotopic (exact) mass is 352 g/mol. The summed E-state index contributed by atoms with van der Waals surface area (Å²) in [6, 6.07) is 9.22. The molecule has 1 aliphatic heterocycles. The molecule has 3 heterocycles. The number of aryl methyl sites for hydroxylation is 1. The minimum absolute atomic E-state index is 0.00436. The Bertz CT molecular complexity index is 1040. The normalized spacial score (nSPS) is 16.4. The fourth-order valence-corrected chi connectivity index (χ4v) is 3.30. The lowest BCUT2D eigenvalue weighted by Gasteiger charge is -2.34. The number of rotatable bonds is 3. The van der Waals surface area contributed by atoms with E-state index in [1.807, 2.05) is 31.2 Å². The van der Waals surface area contributed by atoms with Crippen molar-refractivity contribution in [3.63, 3.8) is 0 Å². The van der Waals surface area contributed by atoms with Gasteiger partial charge in [0.2, 0.25) is 5.91 Å². The number of ether oxygens (including phenoxy) is 1.